The quantitative estimate of drug-likeness (QED) is 0.854. The Balaban J connectivity index is 2.47. The summed E-state index contributed by atoms with van der Waals surface area (Å²) in [6.45, 7) is 1.44. The minimum atomic E-state index is -3.97. The van der Waals surface area contributed by atoms with Crippen LogP contribution in [0.25, 0.3) is 5.65 Å². The van der Waals surface area contributed by atoms with Gasteiger partial charge in [-0.3, -0.25) is 9.20 Å². The van der Waals surface area contributed by atoms with Crippen LogP contribution in [0, 0.1) is 0 Å². The monoisotopic (exact) mass is 316 g/mol. The van der Waals surface area contributed by atoms with Gasteiger partial charge in [-0.05, 0) is 19.1 Å². The van der Waals surface area contributed by atoms with Gasteiger partial charge in [0.05, 0.1) is 6.04 Å². The average molecular weight is 317 g/mol. The summed E-state index contributed by atoms with van der Waals surface area (Å²) in [4.78, 5) is 15.4. The molecule has 7 nitrogen and oxygen atoms in total. The molecule has 2 rings (SSSR count). The number of halogens is 1. The molecule has 108 valence electrons. The van der Waals surface area contributed by atoms with Crippen molar-refractivity contribution in [3.8, 4) is 0 Å². The maximum Gasteiger partial charge on any atom is 0.260 e. The van der Waals surface area contributed by atoms with Crippen LogP contribution in [0.4, 0.5) is 0 Å². The lowest BCUT2D eigenvalue weighted by atomic mass is 10.3. The number of aromatic nitrogens is 2. The fourth-order valence-electron chi connectivity index (χ4n) is 1.74. The van der Waals surface area contributed by atoms with Crippen molar-refractivity contribution < 1.29 is 13.2 Å². The summed E-state index contributed by atoms with van der Waals surface area (Å²) in [5.74, 6) is -0.446. The summed E-state index contributed by atoms with van der Waals surface area (Å²) in [5.41, 5.74) is 0.408. The van der Waals surface area contributed by atoms with Crippen molar-refractivity contribution in [2.45, 2.75) is 18.0 Å². The topological polar surface area (TPSA) is 92.6 Å². The minimum Gasteiger partial charge on any atom is -0.358 e. The second kappa shape index (κ2) is 5.39. The van der Waals surface area contributed by atoms with E-state index in [1.165, 1.54) is 24.6 Å². The van der Waals surface area contributed by atoms with E-state index in [-0.39, 0.29) is 10.2 Å². The van der Waals surface area contributed by atoms with Gasteiger partial charge >= 0.3 is 0 Å². The summed E-state index contributed by atoms with van der Waals surface area (Å²) in [7, 11) is -2.55. The molecule has 0 bridgehead atoms. The second-order valence-corrected chi connectivity index (χ2v) is 6.08. The first-order valence-electron chi connectivity index (χ1n) is 5.73. The number of sulfonamides is 1. The highest BCUT2D eigenvalue weighted by Crippen LogP contribution is 2.22. The Morgan fingerprint density at radius 1 is 1.45 bits per heavy atom. The maximum atomic E-state index is 12.3. The van der Waals surface area contributed by atoms with Crippen LogP contribution in [-0.4, -0.2) is 36.8 Å². The fraction of sp³-hybridized carbons (Fsp3) is 0.273. The Morgan fingerprint density at radius 3 is 2.80 bits per heavy atom. The number of amides is 1. The van der Waals surface area contributed by atoms with E-state index in [1.807, 2.05) is 0 Å². The number of nitrogens with one attached hydrogen (secondary N) is 2. The van der Waals surface area contributed by atoms with E-state index in [4.69, 9.17) is 11.6 Å². The number of imidazole rings is 1. The number of rotatable bonds is 4. The SMILES string of the molecule is CNC(=O)C(C)NS(=O)(=O)c1c(Cl)nc2ccccn12. The zero-order chi connectivity index (χ0) is 14.9. The van der Waals surface area contributed by atoms with Crippen molar-refractivity contribution in [3.05, 3.63) is 29.5 Å². The number of carbonyl (C=O) groups excluding carboxylic acids is 1. The molecule has 9 heteroatoms. The molecule has 0 aromatic carbocycles. The van der Waals surface area contributed by atoms with Crippen LogP contribution in [0.2, 0.25) is 5.15 Å². The highest BCUT2D eigenvalue weighted by molar-refractivity contribution is 7.89. The van der Waals surface area contributed by atoms with Crippen molar-refractivity contribution in [2.24, 2.45) is 0 Å². The number of carbonyl (C=O) groups is 1. The predicted molar refractivity (Wildman–Crippen MR) is 74.1 cm³/mol. The van der Waals surface area contributed by atoms with Gasteiger partial charge in [-0.2, -0.15) is 4.72 Å². The van der Waals surface area contributed by atoms with Gasteiger partial charge in [-0.25, -0.2) is 13.4 Å². The van der Waals surface area contributed by atoms with Crippen LogP contribution >= 0.6 is 11.6 Å². The number of fused-ring (bicyclic) bond motifs is 1. The van der Waals surface area contributed by atoms with Crippen LogP contribution in [-0.2, 0) is 14.8 Å². The lowest BCUT2D eigenvalue weighted by molar-refractivity contribution is -0.121. The standard InChI is InChI=1S/C11H13ClN4O3S/c1-7(10(17)13-2)15-20(18,19)11-9(12)14-8-5-3-4-6-16(8)11/h3-7,15H,1-2H3,(H,13,17). The molecule has 0 aliphatic heterocycles. The largest absolute Gasteiger partial charge is 0.358 e. The molecule has 0 fully saturated rings. The lowest BCUT2D eigenvalue weighted by Gasteiger charge is -2.12. The van der Waals surface area contributed by atoms with E-state index in [2.05, 4.69) is 15.0 Å². The fourth-order valence-corrected chi connectivity index (χ4v) is 3.59. The van der Waals surface area contributed by atoms with E-state index in [1.54, 1.807) is 18.2 Å². The molecular weight excluding hydrogens is 304 g/mol. The number of hydrogen-bond acceptors (Lipinski definition) is 4. The molecule has 20 heavy (non-hydrogen) atoms. The minimum absolute atomic E-state index is 0.146. The van der Waals surface area contributed by atoms with Crippen LogP contribution < -0.4 is 10.0 Å². The molecule has 0 radical (unpaired) electrons. The van der Waals surface area contributed by atoms with Gasteiger partial charge in [0.2, 0.25) is 5.91 Å². The Labute approximate surface area is 121 Å². The van der Waals surface area contributed by atoms with Gasteiger partial charge in [0.1, 0.15) is 5.65 Å². The van der Waals surface area contributed by atoms with E-state index >= 15 is 0 Å². The molecule has 0 saturated carbocycles. The van der Waals surface area contributed by atoms with Crippen LogP contribution in [0.15, 0.2) is 29.4 Å². The predicted octanol–water partition coefficient (Wildman–Crippen LogP) is 0.400. The number of hydrogen-bond donors (Lipinski definition) is 2. The van der Waals surface area contributed by atoms with E-state index < -0.39 is 22.0 Å². The Kier molecular flexibility index (Phi) is 3.98. The van der Waals surface area contributed by atoms with Gasteiger partial charge in [-0.1, -0.05) is 17.7 Å². The average Bonchev–Trinajstić information content (AvgIpc) is 2.73. The smallest absolute Gasteiger partial charge is 0.260 e. The third-order valence-corrected chi connectivity index (χ3v) is 4.61. The highest BCUT2D eigenvalue weighted by atomic mass is 35.5. The molecule has 1 unspecified atom stereocenters. The zero-order valence-corrected chi connectivity index (χ0v) is 12.4. The summed E-state index contributed by atoms with van der Waals surface area (Å²) in [5, 5.41) is 2.03. The van der Waals surface area contributed by atoms with E-state index in [9.17, 15) is 13.2 Å². The Bertz CT molecular complexity index is 756. The molecule has 1 atom stereocenters. The summed E-state index contributed by atoms with van der Waals surface area (Å²) in [6.07, 6.45) is 1.54. The molecule has 1 amide bonds. The van der Waals surface area contributed by atoms with Crippen molar-refractivity contribution in [3.63, 3.8) is 0 Å². The number of likely N-dealkylation sites (N-methyl/N-ethyl adjacent to an activating group) is 1. The summed E-state index contributed by atoms with van der Waals surface area (Å²) >= 11 is 5.90. The van der Waals surface area contributed by atoms with Gasteiger partial charge in [0.25, 0.3) is 10.0 Å². The molecular formula is C11H13ClN4O3S. The molecule has 0 aliphatic rings. The van der Waals surface area contributed by atoms with Crippen molar-refractivity contribution in [1.29, 1.82) is 0 Å². The lowest BCUT2D eigenvalue weighted by Crippen LogP contribution is -2.43. The van der Waals surface area contributed by atoms with Gasteiger partial charge in [-0.15, -0.1) is 0 Å². The van der Waals surface area contributed by atoms with Gasteiger partial charge < -0.3 is 5.32 Å². The van der Waals surface area contributed by atoms with Crippen molar-refractivity contribution >= 4 is 33.2 Å². The van der Waals surface area contributed by atoms with Crippen molar-refractivity contribution in [2.75, 3.05) is 7.05 Å². The molecule has 2 N–H and O–H groups in total. The first kappa shape index (κ1) is 14.8. The van der Waals surface area contributed by atoms with Gasteiger partial charge in [0.15, 0.2) is 10.2 Å². The van der Waals surface area contributed by atoms with Crippen LogP contribution in [0.5, 0.6) is 0 Å². The zero-order valence-electron chi connectivity index (χ0n) is 10.8. The molecule has 2 aromatic rings. The second-order valence-electron chi connectivity index (χ2n) is 4.09. The summed E-state index contributed by atoms with van der Waals surface area (Å²) < 4.78 is 28.3. The van der Waals surface area contributed by atoms with Crippen LogP contribution in [0.3, 0.4) is 0 Å². The normalized spacial score (nSPS) is 13.3. The maximum absolute atomic E-state index is 12.3. The molecule has 0 saturated heterocycles. The van der Waals surface area contributed by atoms with Crippen molar-refractivity contribution in [1.82, 2.24) is 19.4 Å². The van der Waals surface area contributed by atoms with E-state index in [0.29, 0.717) is 5.65 Å². The molecule has 0 aliphatic carbocycles. The third kappa shape index (κ3) is 2.62. The first-order valence-corrected chi connectivity index (χ1v) is 7.59. The van der Waals surface area contributed by atoms with E-state index in [0.717, 1.165) is 0 Å². The Morgan fingerprint density at radius 2 is 2.15 bits per heavy atom. The third-order valence-electron chi connectivity index (χ3n) is 2.67. The number of nitrogens with zero attached hydrogens (tertiary/aromatic N) is 2. The molecule has 2 heterocycles. The first-order chi connectivity index (χ1) is 9.36. The van der Waals surface area contributed by atoms with Gasteiger partial charge in [0, 0.05) is 13.2 Å². The molecule has 0 spiro atoms. The summed E-state index contributed by atoms with van der Waals surface area (Å²) in [6, 6.07) is 4.09. The Hall–Kier alpha value is -1.64. The highest BCUT2D eigenvalue weighted by Gasteiger charge is 2.27. The van der Waals surface area contributed by atoms with Crippen LogP contribution in [0.1, 0.15) is 6.92 Å². The number of pyridine rings is 1. The molecule has 2 aromatic heterocycles.